The van der Waals surface area contributed by atoms with Gasteiger partial charge in [-0.2, -0.15) is 0 Å². The van der Waals surface area contributed by atoms with Gasteiger partial charge in [0.05, 0.1) is 7.11 Å². The highest BCUT2D eigenvalue weighted by molar-refractivity contribution is 5.99. The van der Waals surface area contributed by atoms with Crippen molar-refractivity contribution in [3.8, 4) is 5.75 Å². The van der Waals surface area contributed by atoms with Crippen LogP contribution in [0.4, 0.5) is 5.69 Å². The molecule has 5 heteroatoms. The van der Waals surface area contributed by atoms with Crippen molar-refractivity contribution in [2.75, 3.05) is 12.4 Å². The first-order valence-corrected chi connectivity index (χ1v) is 8.06. The molecular weight excluding hydrogens is 318 g/mol. The number of para-hydroxylation sites is 1. The van der Waals surface area contributed by atoms with Gasteiger partial charge in [0.25, 0.3) is 5.91 Å². The van der Waals surface area contributed by atoms with E-state index < -0.39 is 12.1 Å². The molecule has 1 amide bonds. The van der Waals surface area contributed by atoms with Gasteiger partial charge < -0.3 is 14.8 Å². The Morgan fingerprint density at radius 1 is 1.04 bits per heavy atom. The van der Waals surface area contributed by atoms with Crippen LogP contribution in [-0.2, 0) is 9.53 Å². The lowest BCUT2D eigenvalue weighted by Gasteiger charge is -2.17. The molecule has 0 aromatic heterocycles. The molecule has 1 atom stereocenters. The largest absolute Gasteiger partial charge is 0.496 e. The molecule has 2 aromatic carbocycles. The summed E-state index contributed by atoms with van der Waals surface area (Å²) in [6.07, 6.45) is -0.933. The fraction of sp³-hybridized carbons (Fsp3) is 0.300. The van der Waals surface area contributed by atoms with E-state index in [4.69, 9.17) is 9.47 Å². The van der Waals surface area contributed by atoms with E-state index in [0.29, 0.717) is 5.75 Å². The van der Waals surface area contributed by atoms with Crippen molar-refractivity contribution < 1.29 is 19.1 Å². The fourth-order valence-electron chi connectivity index (χ4n) is 2.69. The molecule has 0 saturated carbocycles. The van der Waals surface area contributed by atoms with Crippen molar-refractivity contribution in [3.63, 3.8) is 0 Å². The number of methoxy groups -OCH3 is 1. The van der Waals surface area contributed by atoms with E-state index in [-0.39, 0.29) is 11.5 Å². The number of carbonyl (C=O) groups is 2. The third-order valence-electron chi connectivity index (χ3n) is 3.91. The number of aryl methyl sites for hydroxylation is 3. The molecule has 0 aliphatic rings. The third kappa shape index (κ3) is 4.38. The van der Waals surface area contributed by atoms with Crippen LogP contribution in [0.1, 0.15) is 34.0 Å². The molecule has 0 spiro atoms. The van der Waals surface area contributed by atoms with Gasteiger partial charge in [0.15, 0.2) is 6.10 Å². The van der Waals surface area contributed by atoms with Gasteiger partial charge in [-0.1, -0.05) is 29.8 Å². The minimum atomic E-state index is -0.933. The number of hydrogen-bond donors (Lipinski definition) is 1. The van der Waals surface area contributed by atoms with Crippen molar-refractivity contribution >= 4 is 17.6 Å². The second-order valence-corrected chi connectivity index (χ2v) is 6.01. The SMILES string of the molecule is COc1ccccc1C(=O)O[C@H](C)C(=O)Nc1c(C)cc(C)cc1C. The number of carbonyl (C=O) groups excluding carboxylic acids is 2. The van der Waals surface area contributed by atoms with Crippen LogP contribution >= 0.6 is 0 Å². The van der Waals surface area contributed by atoms with E-state index in [1.54, 1.807) is 31.2 Å². The maximum atomic E-state index is 12.4. The standard InChI is InChI=1S/C20H23NO4/c1-12-10-13(2)18(14(3)11-12)21-19(22)15(4)25-20(23)16-8-6-7-9-17(16)24-5/h6-11,15H,1-5H3,(H,21,22)/t15-/m1/s1. The normalized spacial score (nSPS) is 11.6. The molecule has 25 heavy (non-hydrogen) atoms. The van der Waals surface area contributed by atoms with Gasteiger partial charge in [0, 0.05) is 5.69 Å². The van der Waals surface area contributed by atoms with Gasteiger partial charge in [0.2, 0.25) is 0 Å². The van der Waals surface area contributed by atoms with Crippen LogP contribution in [0, 0.1) is 20.8 Å². The van der Waals surface area contributed by atoms with Crippen LogP contribution in [0.5, 0.6) is 5.75 Å². The molecular formula is C20H23NO4. The van der Waals surface area contributed by atoms with Crippen molar-refractivity contribution in [3.05, 3.63) is 58.7 Å². The number of amides is 1. The van der Waals surface area contributed by atoms with E-state index in [9.17, 15) is 9.59 Å². The zero-order valence-electron chi connectivity index (χ0n) is 15.2. The molecule has 0 radical (unpaired) electrons. The highest BCUT2D eigenvalue weighted by Gasteiger charge is 2.22. The summed E-state index contributed by atoms with van der Waals surface area (Å²) in [5.74, 6) is -0.568. The van der Waals surface area contributed by atoms with Gasteiger partial charge in [-0.05, 0) is 51.0 Å². The molecule has 0 heterocycles. The Morgan fingerprint density at radius 2 is 1.64 bits per heavy atom. The van der Waals surface area contributed by atoms with E-state index in [2.05, 4.69) is 5.32 Å². The second kappa shape index (κ2) is 7.83. The van der Waals surface area contributed by atoms with Crippen LogP contribution < -0.4 is 10.1 Å². The average Bonchev–Trinajstić information content (AvgIpc) is 2.57. The van der Waals surface area contributed by atoms with Crippen molar-refractivity contribution in [2.45, 2.75) is 33.8 Å². The number of nitrogens with one attached hydrogen (secondary N) is 1. The smallest absolute Gasteiger partial charge is 0.342 e. The number of ether oxygens (including phenoxy) is 2. The van der Waals surface area contributed by atoms with Crippen LogP contribution in [0.25, 0.3) is 0 Å². The maximum absolute atomic E-state index is 12.4. The van der Waals surface area contributed by atoms with E-state index in [0.717, 1.165) is 22.4 Å². The van der Waals surface area contributed by atoms with Crippen LogP contribution in [0.15, 0.2) is 36.4 Å². The first kappa shape index (κ1) is 18.5. The lowest BCUT2D eigenvalue weighted by atomic mass is 10.0. The molecule has 5 nitrogen and oxygen atoms in total. The number of esters is 1. The summed E-state index contributed by atoms with van der Waals surface area (Å²) in [6, 6.07) is 10.7. The molecule has 0 aliphatic heterocycles. The van der Waals surface area contributed by atoms with Gasteiger partial charge in [0.1, 0.15) is 11.3 Å². The summed E-state index contributed by atoms with van der Waals surface area (Å²) in [5, 5.41) is 2.84. The first-order chi connectivity index (χ1) is 11.8. The van der Waals surface area contributed by atoms with Crippen molar-refractivity contribution in [2.24, 2.45) is 0 Å². The molecule has 0 unspecified atom stereocenters. The topological polar surface area (TPSA) is 64.6 Å². The van der Waals surface area contributed by atoms with Gasteiger partial charge >= 0.3 is 5.97 Å². The summed E-state index contributed by atoms with van der Waals surface area (Å²) in [7, 11) is 1.48. The molecule has 0 fully saturated rings. The van der Waals surface area contributed by atoms with Gasteiger partial charge in [-0.25, -0.2) is 4.79 Å². The fourth-order valence-corrected chi connectivity index (χ4v) is 2.69. The first-order valence-electron chi connectivity index (χ1n) is 8.06. The summed E-state index contributed by atoms with van der Waals surface area (Å²) in [6.45, 7) is 7.41. The summed E-state index contributed by atoms with van der Waals surface area (Å²) >= 11 is 0. The zero-order chi connectivity index (χ0) is 18.6. The minimum Gasteiger partial charge on any atom is -0.496 e. The number of rotatable bonds is 5. The molecule has 0 saturated heterocycles. The van der Waals surface area contributed by atoms with Crippen LogP contribution in [-0.4, -0.2) is 25.1 Å². The zero-order valence-corrected chi connectivity index (χ0v) is 15.2. The molecule has 2 aromatic rings. The summed E-state index contributed by atoms with van der Waals surface area (Å²) < 4.78 is 10.4. The predicted octanol–water partition coefficient (Wildman–Crippen LogP) is 3.80. The summed E-state index contributed by atoms with van der Waals surface area (Å²) in [5.41, 5.74) is 4.09. The third-order valence-corrected chi connectivity index (χ3v) is 3.91. The van der Waals surface area contributed by atoms with E-state index >= 15 is 0 Å². The van der Waals surface area contributed by atoms with Gasteiger partial charge in [-0.15, -0.1) is 0 Å². The monoisotopic (exact) mass is 341 g/mol. The lowest BCUT2D eigenvalue weighted by Crippen LogP contribution is -2.30. The molecule has 0 aliphatic carbocycles. The maximum Gasteiger partial charge on any atom is 0.342 e. The van der Waals surface area contributed by atoms with E-state index in [1.165, 1.54) is 7.11 Å². The minimum absolute atomic E-state index is 0.285. The molecule has 2 rings (SSSR count). The highest BCUT2D eigenvalue weighted by Crippen LogP contribution is 2.23. The predicted molar refractivity (Wildman–Crippen MR) is 97.2 cm³/mol. The Bertz CT molecular complexity index is 775. The summed E-state index contributed by atoms with van der Waals surface area (Å²) in [4.78, 5) is 24.7. The Morgan fingerprint density at radius 3 is 2.24 bits per heavy atom. The van der Waals surface area contributed by atoms with E-state index in [1.807, 2.05) is 32.9 Å². The van der Waals surface area contributed by atoms with Gasteiger partial charge in [-0.3, -0.25) is 4.79 Å². The molecule has 132 valence electrons. The van der Waals surface area contributed by atoms with Crippen LogP contribution in [0.2, 0.25) is 0 Å². The van der Waals surface area contributed by atoms with Crippen molar-refractivity contribution in [1.82, 2.24) is 0 Å². The Hall–Kier alpha value is -2.82. The second-order valence-electron chi connectivity index (χ2n) is 6.01. The quantitative estimate of drug-likeness (QED) is 0.840. The highest BCUT2D eigenvalue weighted by atomic mass is 16.5. The lowest BCUT2D eigenvalue weighted by molar-refractivity contribution is -0.123. The Kier molecular flexibility index (Phi) is 5.80. The number of benzene rings is 2. The average molecular weight is 341 g/mol. The molecule has 1 N–H and O–H groups in total. The Labute approximate surface area is 148 Å². The number of anilines is 1. The van der Waals surface area contributed by atoms with Crippen molar-refractivity contribution in [1.29, 1.82) is 0 Å². The Balaban J connectivity index is 2.09. The number of hydrogen-bond acceptors (Lipinski definition) is 4. The molecule has 0 bridgehead atoms. The van der Waals surface area contributed by atoms with Crippen LogP contribution in [0.3, 0.4) is 0 Å².